The maximum absolute atomic E-state index is 12.3. The van der Waals surface area contributed by atoms with Gasteiger partial charge in [-0.2, -0.15) is 11.8 Å². The molecule has 0 aromatic carbocycles. The summed E-state index contributed by atoms with van der Waals surface area (Å²) in [7, 11) is 0. The molecule has 2 aliphatic rings. The van der Waals surface area contributed by atoms with Gasteiger partial charge in [0.2, 0.25) is 11.8 Å². The average Bonchev–Trinajstić information content (AvgIpc) is 2.71. The highest BCUT2D eigenvalue weighted by Crippen LogP contribution is 2.33. The number of piperazine rings is 1. The third kappa shape index (κ3) is 2.44. The van der Waals surface area contributed by atoms with Gasteiger partial charge in [-0.05, 0) is 39.4 Å². The fourth-order valence-electron chi connectivity index (χ4n) is 2.74. The maximum atomic E-state index is 12.3. The Bertz CT molecular complexity index is 343. The van der Waals surface area contributed by atoms with Crippen molar-refractivity contribution in [2.75, 3.05) is 12.8 Å². The van der Waals surface area contributed by atoms with Gasteiger partial charge in [0.1, 0.15) is 5.54 Å². The van der Waals surface area contributed by atoms with E-state index in [2.05, 4.69) is 11.6 Å². The Morgan fingerprint density at radius 1 is 1.35 bits per heavy atom. The number of carbonyl (C=O) groups is 2. The van der Waals surface area contributed by atoms with E-state index in [1.807, 2.05) is 11.8 Å². The van der Waals surface area contributed by atoms with E-state index in [9.17, 15) is 9.59 Å². The van der Waals surface area contributed by atoms with Crippen LogP contribution in [0.2, 0.25) is 0 Å². The van der Waals surface area contributed by atoms with Gasteiger partial charge in [0.15, 0.2) is 0 Å². The van der Waals surface area contributed by atoms with E-state index < -0.39 is 5.54 Å². The van der Waals surface area contributed by atoms with Crippen LogP contribution in [0.5, 0.6) is 0 Å². The lowest BCUT2D eigenvalue weighted by Gasteiger charge is -2.40. The topological polar surface area (TPSA) is 49.4 Å². The summed E-state index contributed by atoms with van der Waals surface area (Å²) in [6, 6.07) is 0.255. The van der Waals surface area contributed by atoms with Crippen LogP contribution in [0, 0.1) is 0 Å². The molecule has 1 aliphatic heterocycles. The van der Waals surface area contributed by atoms with Crippen LogP contribution in [0.4, 0.5) is 0 Å². The first-order valence-electron chi connectivity index (χ1n) is 6.09. The summed E-state index contributed by atoms with van der Waals surface area (Å²) < 4.78 is 0. The van der Waals surface area contributed by atoms with E-state index in [0.29, 0.717) is 5.25 Å². The van der Waals surface area contributed by atoms with Crippen molar-refractivity contribution in [1.82, 2.24) is 10.2 Å². The number of hydrogen-bond acceptors (Lipinski definition) is 3. The van der Waals surface area contributed by atoms with E-state index >= 15 is 0 Å². The lowest BCUT2D eigenvalue weighted by atomic mass is 9.98. The van der Waals surface area contributed by atoms with Gasteiger partial charge in [0, 0.05) is 11.3 Å². The monoisotopic (exact) mass is 256 g/mol. The molecule has 5 heteroatoms. The van der Waals surface area contributed by atoms with Gasteiger partial charge < -0.3 is 10.2 Å². The number of hydrogen-bond donors (Lipinski definition) is 1. The second-order valence-corrected chi connectivity index (χ2v) is 6.57. The van der Waals surface area contributed by atoms with Gasteiger partial charge in [0.25, 0.3) is 0 Å². The summed E-state index contributed by atoms with van der Waals surface area (Å²) in [4.78, 5) is 25.7. The highest BCUT2D eigenvalue weighted by Gasteiger charge is 2.43. The number of rotatable bonds is 2. The molecule has 1 saturated heterocycles. The van der Waals surface area contributed by atoms with Crippen LogP contribution in [-0.4, -0.2) is 46.3 Å². The zero-order chi connectivity index (χ0) is 12.6. The normalized spacial score (nSPS) is 32.8. The highest BCUT2D eigenvalue weighted by molar-refractivity contribution is 7.99. The third-order valence-corrected chi connectivity index (χ3v) is 4.79. The van der Waals surface area contributed by atoms with Gasteiger partial charge in [0.05, 0.1) is 6.54 Å². The Labute approximate surface area is 106 Å². The van der Waals surface area contributed by atoms with Gasteiger partial charge in [-0.3, -0.25) is 9.59 Å². The molecule has 96 valence electrons. The number of nitrogens with zero attached hydrogens (tertiary/aromatic N) is 1. The van der Waals surface area contributed by atoms with Crippen LogP contribution in [0.15, 0.2) is 0 Å². The van der Waals surface area contributed by atoms with Crippen molar-refractivity contribution in [2.45, 2.75) is 49.9 Å². The first-order valence-corrected chi connectivity index (χ1v) is 7.37. The van der Waals surface area contributed by atoms with Crippen molar-refractivity contribution >= 4 is 23.6 Å². The maximum Gasteiger partial charge on any atom is 0.248 e. The first kappa shape index (κ1) is 12.7. The summed E-state index contributed by atoms with van der Waals surface area (Å²) in [6.07, 6.45) is 5.32. The van der Waals surface area contributed by atoms with Gasteiger partial charge in [-0.25, -0.2) is 0 Å². The van der Waals surface area contributed by atoms with Gasteiger partial charge in [-0.15, -0.1) is 0 Å². The van der Waals surface area contributed by atoms with Crippen LogP contribution >= 0.6 is 11.8 Å². The van der Waals surface area contributed by atoms with E-state index in [1.165, 1.54) is 0 Å². The van der Waals surface area contributed by atoms with E-state index in [4.69, 9.17) is 0 Å². The largest absolute Gasteiger partial charge is 0.341 e. The molecule has 0 bridgehead atoms. The van der Waals surface area contributed by atoms with Crippen molar-refractivity contribution in [3.05, 3.63) is 0 Å². The molecule has 1 heterocycles. The fourth-order valence-corrected chi connectivity index (χ4v) is 3.52. The molecule has 2 rings (SSSR count). The van der Waals surface area contributed by atoms with E-state index in [1.54, 1.807) is 18.7 Å². The summed E-state index contributed by atoms with van der Waals surface area (Å²) in [6.45, 7) is 3.79. The standard InChI is InChI=1S/C12H20N2O2S/c1-12(2)11(16)14(7-10(15)13-12)8-4-5-9(6-8)17-3/h8-9H,4-7H2,1-3H3,(H,13,15). The van der Waals surface area contributed by atoms with Crippen LogP contribution in [0.3, 0.4) is 0 Å². The minimum Gasteiger partial charge on any atom is -0.341 e. The van der Waals surface area contributed by atoms with Crippen molar-refractivity contribution in [2.24, 2.45) is 0 Å². The number of nitrogens with one attached hydrogen (secondary N) is 1. The lowest BCUT2D eigenvalue weighted by molar-refractivity contribution is -0.150. The third-order valence-electron chi connectivity index (χ3n) is 3.69. The fraction of sp³-hybridized carbons (Fsp3) is 0.833. The smallest absolute Gasteiger partial charge is 0.248 e. The second kappa shape index (κ2) is 4.52. The van der Waals surface area contributed by atoms with Crippen LogP contribution in [0.1, 0.15) is 33.1 Å². The van der Waals surface area contributed by atoms with Crippen molar-refractivity contribution < 1.29 is 9.59 Å². The van der Waals surface area contributed by atoms with Crippen molar-refractivity contribution in [1.29, 1.82) is 0 Å². The quantitative estimate of drug-likeness (QED) is 0.802. The minimum absolute atomic E-state index is 0.0396. The molecule has 2 amide bonds. The molecule has 2 atom stereocenters. The molecule has 0 aromatic rings. The molecule has 4 nitrogen and oxygen atoms in total. The summed E-state index contributed by atoms with van der Waals surface area (Å²) in [5.41, 5.74) is -0.743. The van der Waals surface area contributed by atoms with Crippen LogP contribution < -0.4 is 5.32 Å². The van der Waals surface area contributed by atoms with Crippen LogP contribution in [-0.2, 0) is 9.59 Å². The first-order chi connectivity index (χ1) is 7.94. The molecular weight excluding hydrogens is 236 g/mol. The molecular formula is C12H20N2O2S. The Kier molecular flexibility index (Phi) is 3.39. The lowest BCUT2D eigenvalue weighted by Crippen LogP contribution is -2.65. The Balaban J connectivity index is 2.10. The predicted octanol–water partition coefficient (Wildman–Crippen LogP) is 1.01. The zero-order valence-electron chi connectivity index (χ0n) is 10.7. The van der Waals surface area contributed by atoms with Gasteiger partial charge >= 0.3 is 0 Å². The molecule has 1 aliphatic carbocycles. The SMILES string of the molecule is CSC1CCC(N2CC(=O)NC(C)(C)C2=O)C1. The summed E-state index contributed by atoms with van der Waals surface area (Å²) in [5, 5.41) is 3.39. The molecule has 1 N–H and O–H groups in total. The van der Waals surface area contributed by atoms with E-state index in [0.717, 1.165) is 19.3 Å². The van der Waals surface area contributed by atoms with E-state index in [-0.39, 0.29) is 24.4 Å². The van der Waals surface area contributed by atoms with Crippen molar-refractivity contribution in [3.63, 3.8) is 0 Å². The molecule has 1 saturated carbocycles. The molecule has 2 fully saturated rings. The second-order valence-electron chi connectivity index (χ2n) is 5.43. The van der Waals surface area contributed by atoms with Crippen molar-refractivity contribution in [3.8, 4) is 0 Å². The minimum atomic E-state index is -0.743. The number of carbonyl (C=O) groups excluding carboxylic acids is 2. The molecule has 17 heavy (non-hydrogen) atoms. The average molecular weight is 256 g/mol. The molecule has 0 radical (unpaired) electrons. The molecule has 2 unspecified atom stereocenters. The van der Waals surface area contributed by atoms with Gasteiger partial charge in [-0.1, -0.05) is 0 Å². The predicted molar refractivity (Wildman–Crippen MR) is 68.9 cm³/mol. The Morgan fingerprint density at radius 2 is 2.06 bits per heavy atom. The van der Waals surface area contributed by atoms with Crippen LogP contribution in [0.25, 0.3) is 0 Å². The Morgan fingerprint density at radius 3 is 2.65 bits per heavy atom. The Hall–Kier alpha value is -0.710. The molecule has 0 aromatic heterocycles. The zero-order valence-corrected chi connectivity index (χ0v) is 11.5. The number of thioether (sulfide) groups is 1. The number of amides is 2. The molecule has 0 spiro atoms. The highest BCUT2D eigenvalue weighted by atomic mass is 32.2. The summed E-state index contributed by atoms with van der Waals surface area (Å²) >= 11 is 1.86. The summed E-state index contributed by atoms with van der Waals surface area (Å²) in [5.74, 6) is 0.0195.